The molecule has 2 rings (SSSR count). The van der Waals surface area contributed by atoms with E-state index in [9.17, 15) is 4.79 Å². The van der Waals surface area contributed by atoms with E-state index in [-0.39, 0.29) is 0 Å². The van der Waals surface area contributed by atoms with Gasteiger partial charge in [-0.05, 0) is 24.6 Å². The number of carboxylic acids is 1. The molecule has 1 aromatic carbocycles. The largest absolute Gasteiger partial charge is 0.478 e. The van der Waals surface area contributed by atoms with E-state index in [0.717, 1.165) is 33.7 Å². The Morgan fingerprint density at radius 3 is 2.90 bits per heavy atom. The van der Waals surface area contributed by atoms with Crippen molar-refractivity contribution in [3.63, 3.8) is 0 Å². The lowest BCUT2D eigenvalue weighted by molar-refractivity contribution is 0.0697. The molecular weight excluding hydrogens is 340 g/mol. The minimum absolute atomic E-state index is 0.290. The predicted octanol–water partition coefficient (Wildman–Crippen LogP) is 3.24. The molecule has 106 valence electrons. The molecule has 0 saturated heterocycles. The van der Waals surface area contributed by atoms with Gasteiger partial charge in [-0.3, -0.25) is 0 Å². The first-order valence-corrected chi connectivity index (χ1v) is 7.87. The van der Waals surface area contributed by atoms with Gasteiger partial charge in [0.05, 0.1) is 16.3 Å². The highest BCUT2D eigenvalue weighted by molar-refractivity contribution is 9.10. The van der Waals surface area contributed by atoms with Crippen molar-refractivity contribution in [1.29, 1.82) is 0 Å². The number of carboxylic acid groups (broad SMARTS) is 1. The maximum atomic E-state index is 10.8. The summed E-state index contributed by atoms with van der Waals surface area (Å²) in [4.78, 5) is 15.2. The van der Waals surface area contributed by atoms with Crippen molar-refractivity contribution in [3.8, 4) is 0 Å². The highest BCUT2D eigenvalue weighted by Crippen LogP contribution is 2.18. The molecule has 4 nitrogen and oxygen atoms in total. The fourth-order valence-corrected chi connectivity index (χ4v) is 2.95. The number of hydrogen-bond donors (Lipinski definition) is 2. The summed E-state index contributed by atoms with van der Waals surface area (Å²) in [7, 11) is 0. The summed E-state index contributed by atoms with van der Waals surface area (Å²) in [5.74, 6) is -0.913. The van der Waals surface area contributed by atoms with Crippen LogP contribution in [-0.4, -0.2) is 22.6 Å². The molecule has 0 aliphatic heterocycles. The van der Waals surface area contributed by atoms with Crippen LogP contribution in [0.5, 0.6) is 0 Å². The number of nitrogens with zero attached hydrogens (tertiary/aromatic N) is 1. The first-order chi connectivity index (χ1) is 9.56. The Morgan fingerprint density at radius 2 is 2.30 bits per heavy atom. The molecule has 2 N–H and O–H groups in total. The molecule has 0 bridgehead atoms. The number of hydrogen-bond acceptors (Lipinski definition) is 4. The van der Waals surface area contributed by atoms with Gasteiger partial charge < -0.3 is 10.4 Å². The van der Waals surface area contributed by atoms with Crippen molar-refractivity contribution in [2.24, 2.45) is 0 Å². The van der Waals surface area contributed by atoms with Crippen molar-refractivity contribution in [1.82, 2.24) is 10.3 Å². The Labute approximate surface area is 130 Å². The third kappa shape index (κ3) is 4.13. The molecule has 0 aliphatic carbocycles. The second-order valence-electron chi connectivity index (χ2n) is 4.40. The molecule has 0 atom stereocenters. The molecule has 20 heavy (non-hydrogen) atoms. The van der Waals surface area contributed by atoms with Crippen molar-refractivity contribution in [3.05, 3.63) is 49.9 Å². The minimum atomic E-state index is -0.913. The highest BCUT2D eigenvalue weighted by atomic mass is 79.9. The van der Waals surface area contributed by atoms with Crippen molar-refractivity contribution >= 4 is 33.2 Å². The van der Waals surface area contributed by atoms with Crippen LogP contribution in [0, 0.1) is 6.92 Å². The Morgan fingerprint density at radius 1 is 1.50 bits per heavy atom. The first-order valence-electron chi connectivity index (χ1n) is 6.19. The average Bonchev–Trinajstić information content (AvgIpc) is 2.81. The summed E-state index contributed by atoms with van der Waals surface area (Å²) in [6.45, 7) is 3.54. The lowest BCUT2D eigenvalue weighted by atomic mass is 10.1. The van der Waals surface area contributed by atoms with Gasteiger partial charge in [-0.15, -0.1) is 11.3 Å². The van der Waals surface area contributed by atoms with Crippen LogP contribution in [-0.2, 0) is 13.0 Å². The maximum Gasteiger partial charge on any atom is 0.335 e. The molecular formula is C14H15BrN2O2S. The number of halogens is 1. The van der Waals surface area contributed by atoms with Crippen LogP contribution in [0.25, 0.3) is 0 Å². The number of benzene rings is 1. The van der Waals surface area contributed by atoms with Gasteiger partial charge >= 0.3 is 5.97 Å². The third-order valence-electron chi connectivity index (χ3n) is 2.84. The molecule has 2 aromatic rings. The van der Waals surface area contributed by atoms with E-state index < -0.39 is 5.97 Å². The fraction of sp³-hybridized carbons (Fsp3) is 0.286. The van der Waals surface area contributed by atoms with E-state index >= 15 is 0 Å². The second kappa shape index (κ2) is 6.97. The highest BCUT2D eigenvalue weighted by Gasteiger charge is 2.06. The minimum Gasteiger partial charge on any atom is -0.478 e. The van der Waals surface area contributed by atoms with Crippen LogP contribution in [0.4, 0.5) is 0 Å². The zero-order chi connectivity index (χ0) is 14.5. The number of aryl methyl sites for hydroxylation is 1. The van der Waals surface area contributed by atoms with Gasteiger partial charge in [0.1, 0.15) is 0 Å². The number of carbonyl (C=O) groups is 1. The van der Waals surface area contributed by atoms with E-state index in [1.807, 2.05) is 13.0 Å². The van der Waals surface area contributed by atoms with Gasteiger partial charge in [-0.1, -0.05) is 22.0 Å². The molecule has 6 heteroatoms. The van der Waals surface area contributed by atoms with Crippen LogP contribution in [0.2, 0.25) is 0 Å². The number of nitrogens with one attached hydrogen (secondary N) is 1. The SMILES string of the molecule is Cc1nc(CCNCc2ccc(C(=O)O)cc2Br)cs1. The summed E-state index contributed by atoms with van der Waals surface area (Å²) in [6, 6.07) is 5.07. The van der Waals surface area contributed by atoms with Gasteiger partial charge in [-0.25, -0.2) is 9.78 Å². The molecule has 0 spiro atoms. The quantitative estimate of drug-likeness (QED) is 0.781. The van der Waals surface area contributed by atoms with Gasteiger partial charge in [0.2, 0.25) is 0 Å². The topological polar surface area (TPSA) is 62.2 Å². The van der Waals surface area contributed by atoms with Gasteiger partial charge in [0.25, 0.3) is 0 Å². The normalized spacial score (nSPS) is 10.7. The Bertz CT molecular complexity index is 613. The van der Waals surface area contributed by atoms with Crippen molar-refractivity contribution in [2.75, 3.05) is 6.54 Å². The zero-order valence-electron chi connectivity index (χ0n) is 11.0. The maximum absolute atomic E-state index is 10.8. The Balaban J connectivity index is 1.83. The van der Waals surface area contributed by atoms with Gasteiger partial charge in [0, 0.05) is 29.4 Å². The van der Waals surface area contributed by atoms with Crippen LogP contribution in [0.3, 0.4) is 0 Å². The Kier molecular flexibility index (Phi) is 5.28. The summed E-state index contributed by atoms with van der Waals surface area (Å²) in [5.41, 5.74) is 2.45. The van der Waals surface area contributed by atoms with Crippen LogP contribution in [0.1, 0.15) is 26.6 Å². The third-order valence-corrected chi connectivity index (χ3v) is 4.40. The Hall–Kier alpha value is -1.24. The van der Waals surface area contributed by atoms with Crippen molar-refractivity contribution < 1.29 is 9.90 Å². The smallest absolute Gasteiger partial charge is 0.335 e. The van der Waals surface area contributed by atoms with E-state index in [1.54, 1.807) is 23.5 Å². The summed E-state index contributed by atoms with van der Waals surface area (Å²) in [5, 5.41) is 15.4. The molecule has 0 saturated carbocycles. The van der Waals surface area contributed by atoms with Crippen LogP contribution < -0.4 is 5.32 Å². The summed E-state index contributed by atoms with van der Waals surface area (Å²) in [6.07, 6.45) is 0.898. The lowest BCUT2D eigenvalue weighted by Crippen LogP contribution is -2.17. The first kappa shape index (κ1) is 15.2. The van der Waals surface area contributed by atoms with Gasteiger partial charge in [0.15, 0.2) is 0 Å². The molecule has 1 heterocycles. The summed E-state index contributed by atoms with van der Waals surface area (Å²) < 4.78 is 0.814. The second-order valence-corrected chi connectivity index (χ2v) is 6.31. The number of aromatic carboxylic acids is 1. The van der Waals surface area contributed by atoms with Crippen molar-refractivity contribution in [2.45, 2.75) is 19.9 Å². The number of aromatic nitrogens is 1. The van der Waals surface area contributed by atoms with Gasteiger partial charge in [-0.2, -0.15) is 0 Å². The molecule has 0 unspecified atom stereocenters. The van der Waals surface area contributed by atoms with E-state index in [4.69, 9.17) is 5.11 Å². The van der Waals surface area contributed by atoms with Crippen LogP contribution >= 0.6 is 27.3 Å². The average molecular weight is 355 g/mol. The lowest BCUT2D eigenvalue weighted by Gasteiger charge is -2.07. The molecule has 0 amide bonds. The molecule has 1 aromatic heterocycles. The molecule has 0 radical (unpaired) electrons. The predicted molar refractivity (Wildman–Crippen MR) is 83.4 cm³/mol. The van der Waals surface area contributed by atoms with E-state index in [2.05, 4.69) is 31.6 Å². The van der Waals surface area contributed by atoms with E-state index in [0.29, 0.717) is 12.1 Å². The summed E-state index contributed by atoms with van der Waals surface area (Å²) >= 11 is 5.07. The zero-order valence-corrected chi connectivity index (χ0v) is 13.4. The standard InChI is InChI=1S/C14H15BrN2O2S/c1-9-17-12(8-20-9)4-5-16-7-11-3-2-10(14(18)19)6-13(11)15/h2-3,6,8,16H,4-5,7H2,1H3,(H,18,19). The van der Waals surface area contributed by atoms with E-state index in [1.165, 1.54) is 0 Å². The fourth-order valence-electron chi connectivity index (χ4n) is 1.79. The number of rotatable bonds is 6. The molecule has 0 fully saturated rings. The molecule has 0 aliphatic rings. The monoisotopic (exact) mass is 354 g/mol. The number of thiazole rings is 1. The van der Waals surface area contributed by atoms with Crippen LogP contribution in [0.15, 0.2) is 28.1 Å².